The highest BCUT2D eigenvalue weighted by atomic mass is 16.3. The molecular formula is C11H16N4O. The average molecular weight is 220 g/mol. The van der Waals surface area contributed by atoms with Crippen LogP contribution in [0.2, 0.25) is 0 Å². The SMILES string of the molecule is N=CN(CCCCc1ccc(O)cc1)N=N. The molecular weight excluding hydrogens is 204 g/mol. The van der Waals surface area contributed by atoms with Gasteiger partial charge in [-0.05, 0) is 37.0 Å². The van der Waals surface area contributed by atoms with Crippen LogP contribution in [0.15, 0.2) is 29.5 Å². The van der Waals surface area contributed by atoms with Crippen molar-refractivity contribution in [2.45, 2.75) is 19.3 Å². The fourth-order valence-electron chi connectivity index (χ4n) is 1.41. The van der Waals surface area contributed by atoms with E-state index in [-0.39, 0.29) is 5.75 Å². The maximum atomic E-state index is 9.10. The van der Waals surface area contributed by atoms with Crippen LogP contribution in [-0.2, 0) is 6.42 Å². The van der Waals surface area contributed by atoms with Gasteiger partial charge in [0.25, 0.3) is 0 Å². The van der Waals surface area contributed by atoms with Crippen LogP contribution in [0, 0.1) is 10.9 Å². The molecule has 0 unspecified atom stereocenters. The molecule has 0 amide bonds. The van der Waals surface area contributed by atoms with Crippen molar-refractivity contribution in [1.29, 1.82) is 10.9 Å². The fraction of sp³-hybridized carbons (Fsp3) is 0.364. The van der Waals surface area contributed by atoms with Crippen LogP contribution in [0.4, 0.5) is 0 Å². The van der Waals surface area contributed by atoms with Gasteiger partial charge >= 0.3 is 0 Å². The molecule has 0 spiro atoms. The summed E-state index contributed by atoms with van der Waals surface area (Å²) in [4.78, 5) is 0. The van der Waals surface area contributed by atoms with Crippen LogP contribution in [0.25, 0.3) is 0 Å². The zero-order valence-electron chi connectivity index (χ0n) is 9.06. The first-order valence-electron chi connectivity index (χ1n) is 5.19. The number of hydrogen-bond donors (Lipinski definition) is 3. The molecule has 0 aliphatic rings. The zero-order valence-corrected chi connectivity index (χ0v) is 9.06. The molecule has 16 heavy (non-hydrogen) atoms. The molecule has 0 bridgehead atoms. The number of benzene rings is 1. The van der Waals surface area contributed by atoms with E-state index in [0.717, 1.165) is 25.6 Å². The van der Waals surface area contributed by atoms with Gasteiger partial charge in [0.05, 0.1) is 0 Å². The van der Waals surface area contributed by atoms with Crippen LogP contribution >= 0.6 is 0 Å². The molecule has 0 aliphatic heterocycles. The number of nitrogens with one attached hydrogen (secondary N) is 2. The summed E-state index contributed by atoms with van der Waals surface area (Å²) in [5, 5.41) is 20.5. The lowest BCUT2D eigenvalue weighted by Gasteiger charge is -2.09. The van der Waals surface area contributed by atoms with Crippen LogP contribution in [-0.4, -0.2) is 23.0 Å². The van der Waals surface area contributed by atoms with Gasteiger partial charge < -0.3 is 5.11 Å². The van der Waals surface area contributed by atoms with Crippen molar-refractivity contribution < 1.29 is 5.11 Å². The van der Waals surface area contributed by atoms with E-state index in [1.165, 1.54) is 10.6 Å². The Morgan fingerprint density at radius 3 is 2.50 bits per heavy atom. The summed E-state index contributed by atoms with van der Waals surface area (Å²) in [6.45, 7) is 0.602. The minimum absolute atomic E-state index is 0.284. The summed E-state index contributed by atoms with van der Waals surface area (Å²) < 4.78 is 0. The quantitative estimate of drug-likeness (QED) is 0.217. The Hall–Kier alpha value is -1.91. The van der Waals surface area contributed by atoms with Crippen molar-refractivity contribution in [3.8, 4) is 5.75 Å². The van der Waals surface area contributed by atoms with Crippen molar-refractivity contribution in [1.82, 2.24) is 5.01 Å². The highest BCUT2D eigenvalue weighted by Gasteiger charge is 1.97. The van der Waals surface area contributed by atoms with E-state index in [1.807, 2.05) is 12.1 Å². The Morgan fingerprint density at radius 1 is 1.25 bits per heavy atom. The largest absolute Gasteiger partial charge is 0.508 e. The predicted octanol–water partition coefficient (Wildman–Crippen LogP) is 2.57. The summed E-state index contributed by atoms with van der Waals surface area (Å²) in [5.41, 5.74) is 7.94. The lowest BCUT2D eigenvalue weighted by Crippen LogP contribution is -2.15. The number of rotatable bonds is 7. The van der Waals surface area contributed by atoms with Gasteiger partial charge in [-0.3, -0.25) is 5.41 Å². The van der Waals surface area contributed by atoms with Crippen LogP contribution in [0.5, 0.6) is 5.75 Å². The highest BCUT2D eigenvalue weighted by molar-refractivity contribution is 5.49. The Morgan fingerprint density at radius 2 is 1.94 bits per heavy atom. The van der Waals surface area contributed by atoms with E-state index in [2.05, 4.69) is 5.22 Å². The molecule has 0 fully saturated rings. The third-order valence-corrected chi connectivity index (χ3v) is 2.32. The first-order valence-corrected chi connectivity index (χ1v) is 5.19. The minimum atomic E-state index is 0.284. The second kappa shape index (κ2) is 6.55. The van der Waals surface area contributed by atoms with E-state index in [9.17, 15) is 0 Å². The summed E-state index contributed by atoms with van der Waals surface area (Å²) in [7, 11) is 0. The van der Waals surface area contributed by atoms with Crippen LogP contribution in [0.1, 0.15) is 18.4 Å². The van der Waals surface area contributed by atoms with E-state index in [4.69, 9.17) is 16.0 Å². The number of unbranched alkanes of at least 4 members (excludes halogenated alkanes) is 1. The number of nitrogens with zero attached hydrogens (tertiary/aromatic N) is 2. The van der Waals surface area contributed by atoms with Crippen LogP contribution in [0.3, 0.4) is 0 Å². The third-order valence-electron chi connectivity index (χ3n) is 2.32. The van der Waals surface area contributed by atoms with Gasteiger partial charge in [-0.1, -0.05) is 17.4 Å². The lowest BCUT2D eigenvalue weighted by atomic mass is 10.1. The summed E-state index contributed by atoms with van der Waals surface area (Å²) >= 11 is 0. The zero-order chi connectivity index (χ0) is 11.8. The number of aromatic hydroxyl groups is 1. The number of hydrogen-bond acceptors (Lipinski definition) is 4. The van der Waals surface area contributed by atoms with Gasteiger partial charge in [-0.25, -0.2) is 5.01 Å². The van der Waals surface area contributed by atoms with Gasteiger partial charge in [0.2, 0.25) is 0 Å². The smallest absolute Gasteiger partial charge is 0.115 e. The Kier molecular flexibility index (Phi) is 4.98. The van der Waals surface area contributed by atoms with Gasteiger partial charge in [0.1, 0.15) is 12.1 Å². The maximum Gasteiger partial charge on any atom is 0.115 e. The lowest BCUT2D eigenvalue weighted by molar-refractivity contribution is 0.400. The minimum Gasteiger partial charge on any atom is -0.508 e. The van der Waals surface area contributed by atoms with Crippen molar-refractivity contribution in [2.75, 3.05) is 6.54 Å². The molecule has 0 atom stereocenters. The molecule has 0 aromatic heterocycles. The van der Waals surface area contributed by atoms with Crippen molar-refractivity contribution in [3.63, 3.8) is 0 Å². The molecule has 86 valence electrons. The molecule has 1 aromatic carbocycles. The molecule has 0 saturated carbocycles. The maximum absolute atomic E-state index is 9.10. The van der Waals surface area contributed by atoms with E-state index in [1.54, 1.807) is 12.1 Å². The second-order valence-electron chi connectivity index (χ2n) is 3.52. The first-order chi connectivity index (χ1) is 7.76. The third kappa shape index (κ3) is 4.08. The second-order valence-corrected chi connectivity index (χ2v) is 3.52. The van der Waals surface area contributed by atoms with Gasteiger partial charge in [-0.2, -0.15) is 5.53 Å². The number of phenols is 1. The Bertz CT molecular complexity index is 328. The molecule has 0 saturated heterocycles. The summed E-state index contributed by atoms with van der Waals surface area (Å²) in [5.74, 6) is 0.284. The van der Waals surface area contributed by atoms with Gasteiger partial charge in [-0.15, -0.1) is 0 Å². The summed E-state index contributed by atoms with van der Waals surface area (Å²) in [6.07, 6.45) is 3.85. The molecule has 1 aromatic rings. The summed E-state index contributed by atoms with van der Waals surface area (Å²) in [6, 6.07) is 7.16. The Labute approximate surface area is 94.7 Å². The monoisotopic (exact) mass is 220 g/mol. The Balaban J connectivity index is 2.23. The molecule has 5 nitrogen and oxygen atoms in total. The highest BCUT2D eigenvalue weighted by Crippen LogP contribution is 2.11. The van der Waals surface area contributed by atoms with E-state index < -0.39 is 0 Å². The first kappa shape index (κ1) is 12.2. The molecule has 0 radical (unpaired) electrons. The van der Waals surface area contributed by atoms with Crippen molar-refractivity contribution >= 4 is 6.34 Å². The molecule has 5 heteroatoms. The van der Waals surface area contributed by atoms with Crippen molar-refractivity contribution in [2.24, 2.45) is 5.22 Å². The molecule has 0 aliphatic carbocycles. The van der Waals surface area contributed by atoms with Crippen molar-refractivity contribution in [3.05, 3.63) is 29.8 Å². The molecule has 0 heterocycles. The molecule has 3 N–H and O–H groups in total. The van der Waals surface area contributed by atoms with Gasteiger partial charge in [0.15, 0.2) is 0 Å². The molecule has 1 rings (SSSR count). The number of aryl methyl sites for hydroxylation is 1. The van der Waals surface area contributed by atoms with Crippen LogP contribution < -0.4 is 0 Å². The van der Waals surface area contributed by atoms with E-state index in [0.29, 0.717) is 6.54 Å². The van der Waals surface area contributed by atoms with E-state index >= 15 is 0 Å². The van der Waals surface area contributed by atoms with Gasteiger partial charge in [0, 0.05) is 6.54 Å². The normalized spacial score (nSPS) is 9.75. The predicted molar refractivity (Wildman–Crippen MR) is 61.7 cm³/mol. The standard InChI is InChI=1S/C11H16N4O/c12-9-15(14-13)8-2-1-3-10-4-6-11(16)7-5-10/h4-7,9,12-13,16H,1-3,8H2. The average Bonchev–Trinajstić information content (AvgIpc) is 2.32. The topological polar surface area (TPSA) is 83.5 Å². The number of phenolic OH excluding ortho intramolecular Hbond substituents is 1. The fourth-order valence-corrected chi connectivity index (χ4v) is 1.41.